The van der Waals surface area contributed by atoms with Gasteiger partial charge in [-0.25, -0.2) is 0 Å². The number of thioether (sulfide) groups is 1. The van der Waals surface area contributed by atoms with Gasteiger partial charge < -0.3 is 9.73 Å². The second-order valence-electron chi connectivity index (χ2n) is 3.72. The van der Waals surface area contributed by atoms with Crippen molar-refractivity contribution in [2.75, 3.05) is 12.3 Å². The standard InChI is InChI=1S/C12H11NO2S/c14-11-8-3-1-2-4-10(8)15-7-9(11)12-13-5-6-16-12/h1-4,7,12-13H,5-6H2/t12-/m1/s1. The molecule has 0 saturated carbocycles. The quantitative estimate of drug-likeness (QED) is 0.819. The number of benzene rings is 1. The van der Waals surface area contributed by atoms with E-state index in [1.54, 1.807) is 18.0 Å². The number of rotatable bonds is 1. The van der Waals surface area contributed by atoms with Crippen LogP contribution in [0.4, 0.5) is 0 Å². The second-order valence-corrected chi connectivity index (χ2v) is 4.93. The SMILES string of the molecule is O=c1c([C@@H]2NCCS2)coc2ccccc12. The van der Waals surface area contributed by atoms with Crippen molar-refractivity contribution in [1.82, 2.24) is 5.32 Å². The third kappa shape index (κ3) is 1.54. The van der Waals surface area contributed by atoms with Crippen LogP contribution in [0.5, 0.6) is 0 Å². The van der Waals surface area contributed by atoms with E-state index in [2.05, 4.69) is 5.32 Å². The zero-order valence-electron chi connectivity index (χ0n) is 8.60. The number of para-hydroxylation sites is 1. The first-order valence-electron chi connectivity index (χ1n) is 5.22. The normalized spacial score (nSPS) is 20.4. The van der Waals surface area contributed by atoms with Gasteiger partial charge in [0.25, 0.3) is 0 Å². The molecule has 2 aromatic rings. The van der Waals surface area contributed by atoms with Crippen LogP contribution < -0.4 is 10.7 Å². The summed E-state index contributed by atoms with van der Waals surface area (Å²) in [6.45, 7) is 0.946. The summed E-state index contributed by atoms with van der Waals surface area (Å²) < 4.78 is 5.48. The van der Waals surface area contributed by atoms with Crippen LogP contribution in [0.15, 0.2) is 39.7 Å². The summed E-state index contributed by atoms with van der Waals surface area (Å²) in [4.78, 5) is 12.2. The van der Waals surface area contributed by atoms with Crippen LogP contribution in [0.2, 0.25) is 0 Å². The summed E-state index contributed by atoms with van der Waals surface area (Å²) in [6.07, 6.45) is 1.58. The predicted octanol–water partition coefficient (Wildman–Crippen LogP) is 2.13. The fraction of sp³-hybridized carbons (Fsp3) is 0.250. The highest BCUT2D eigenvalue weighted by atomic mass is 32.2. The van der Waals surface area contributed by atoms with Gasteiger partial charge in [-0.15, -0.1) is 11.8 Å². The summed E-state index contributed by atoms with van der Waals surface area (Å²) in [6, 6.07) is 7.35. The molecule has 0 bridgehead atoms. The highest BCUT2D eigenvalue weighted by Gasteiger charge is 2.21. The van der Waals surface area contributed by atoms with Gasteiger partial charge in [0.2, 0.25) is 0 Å². The van der Waals surface area contributed by atoms with Gasteiger partial charge in [0, 0.05) is 12.3 Å². The van der Waals surface area contributed by atoms with E-state index < -0.39 is 0 Å². The predicted molar refractivity (Wildman–Crippen MR) is 65.7 cm³/mol. The molecule has 0 amide bonds. The van der Waals surface area contributed by atoms with E-state index in [0.29, 0.717) is 11.0 Å². The third-order valence-corrected chi connectivity index (χ3v) is 3.90. The Kier molecular flexibility index (Phi) is 2.46. The lowest BCUT2D eigenvalue weighted by atomic mass is 10.2. The fourth-order valence-corrected chi connectivity index (χ4v) is 2.95. The zero-order chi connectivity index (χ0) is 11.0. The van der Waals surface area contributed by atoms with Crippen molar-refractivity contribution in [3.63, 3.8) is 0 Å². The molecule has 4 heteroatoms. The molecule has 0 radical (unpaired) electrons. The Labute approximate surface area is 96.8 Å². The van der Waals surface area contributed by atoms with Crippen molar-refractivity contribution in [1.29, 1.82) is 0 Å². The van der Waals surface area contributed by atoms with E-state index in [9.17, 15) is 4.79 Å². The molecule has 82 valence electrons. The van der Waals surface area contributed by atoms with E-state index in [0.717, 1.165) is 17.9 Å². The minimum atomic E-state index is 0.0775. The molecule has 1 aliphatic rings. The first kappa shape index (κ1) is 9.93. The Balaban J connectivity index is 2.19. The van der Waals surface area contributed by atoms with Crippen LogP contribution in [0, 0.1) is 0 Å². The van der Waals surface area contributed by atoms with Gasteiger partial charge in [-0.1, -0.05) is 12.1 Å². The summed E-state index contributed by atoms with van der Waals surface area (Å²) in [7, 11) is 0. The summed E-state index contributed by atoms with van der Waals surface area (Å²) in [5, 5.41) is 4.03. The maximum atomic E-state index is 12.2. The first-order chi connectivity index (χ1) is 7.86. The smallest absolute Gasteiger partial charge is 0.198 e. The minimum absolute atomic E-state index is 0.0775. The molecule has 3 rings (SSSR count). The lowest BCUT2D eigenvalue weighted by molar-refractivity contribution is 0.584. The van der Waals surface area contributed by atoms with Crippen molar-refractivity contribution >= 4 is 22.7 Å². The lowest BCUT2D eigenvalue weighted by Crippen LogP contribution is -2.19. The Hall–Kier alpha value is -1.26. The van der Waals surface area contributed by atoms with Gasteiger partial charge in [0.15, 0.2) is 5.43 Å². The minimum Gasteiger partial charge on any atom is -0.464 e. The maximum Gasteiger partial charge on any atom is 0.198 e. The van der Waals surface area contributed by atoms with Crippen molar-refractivity contribution < 1.29 is 4.42 Å². The molecule has 3 nitrogen and oxygen atoms in total. The van der Waals surface area contributed by atoms with E-state index in [4.69, 9.17) is 4.42 Å². The van der Waals surface area contributed by atoms with Gasteiger partial charge >= 0.3 is 0 Å². The topological polar surface area (TPSA) is 42.2 Å². The van der Waals surface area contributed by atoms with Crippen LogP contribution >= 0.6 is 11.8 Å². The van der Waals surface area contributed by atoms with E-state index >= 15 is 0 Å². The number of hydrogen-bond acceptors (Lipinski definition) is 4. The Bertz CT molecular complexity index is 572. The Morgan fingerprint density at radius 3 is 3.06 bits per heavy atom. The molecule has 1 fully saturated rings. The fourth-order valence-electron chi connectivity index (χ4n) is 1.90. The zero-order valence-corrected chi connectivity index (χ0v) is 9.42. The van der Waals surface area contributed by atoms with Gasteiger partial charge in [-0.2, -0.15) is 0 Å². The average Bonchev–Trinajstić information content (AvgIpc) is 2.83. The Morgan fingerprint density at radius 1 is 1.38 bits per heavy atom. The molecule has 0 unspecified atom stereocenters. The lowest BCUT2D eigenvalue weighted by Gasteiger charge is -2.08. The molecule has 1 aliphatic heterocycles. The molecular formula is C12H11NO2S. The van der Waals surface area contributed by atoms with Crippen LogP contribution in [0.3, 0.4) is 0 Å². The van der Waals surface area contributed by atoms with E-state index in [1.165, 1.54) is 0 Å². The molecule has 1 N–H and O–H groups in total. The van der Waals surface area contributed by atoms with Gasteiger partial charge in [0.05, 0.1) is 16.3 Å². The van der Waals surface area contributed by atoms with Crippen molar-refractivity contribution in [2.45, 2.75) is 5.37 Å². The molecule has 1 saturated heterocycles. The molecule has 1 aromatic carbocycles. The monoisotopic (exact) mass is 233 g/mol. The maximum absolute atomic E-state index is 12.2. The third-order valence-electron chi connectivity index (χ3n) is 2.71. The molecule has 0 aliphatic carbocycles. The molecule has 2 heterocycles. The van der Waals surface area contributed by atoms with E-state index in [1.807, 2.05) is 24.3 Å². The van der Waals surface area contributed by atoms with Crippen molar-refractivity contribution in [3.05, 3.63) is 46.3 Å². The highest BCUT2D eigenvalue weighted by Crippen LogP contribution is 2.28. The molecular weight excluding hydrogens is 222 g/mol. The van der Waals surface area contributed by atoms with Crippen LogP contribution in [0.25, 0.3) is 11.0 Å². The Morgan fingerprint density at radius 2 is 2.25 bits per heavy atom. The number of fused-ring (bicyclic) bond motifs is 1. The highest BCUT2D eigenvalue weighted by molar-refractivity contribution is 7.99. The molecule has 16 heavy (non-hydrogen) atoms. The second kappa shape index (κ2) is 3.96. The first-order valence-corrected chi connectivity index (χ1v) is 6.26. The van der Waals surface area contributed by atoms with Gasteiger partial charge in [-0.3, -0.25) is 4.79 Å². The van der Waals surface area contributed by atoms with Crippen LogP contribution in [-0.4, -0.2) is 12.3 Å². The van der Waals surface area contributed by atoms with Crippen LogP contribution in [0.1, 0.15) is 10.9 Å². The molecule has 1 atom stereocenters. The van der Waals surface area contributed by atoms with Crippen LogP contribution in [-0.2, 0) is 0 Å². The number of hydrogen-bond donors (Lipinski definition) is 1. The molecule has 1 aromatic heterocycles. The van der Waals surface area contributed by atoms with Gasteiger partial charge in [-0.05, 0) is 12.1 Å². The number of nitrogens with one attached hydrogen (secondary N) is 1. The largest absolute Gasteiger partial charge is 0.464 e. The van der Waals surface area contributed by atoms with Gasteiger partial charge in [0.1, 0.15) is 11.8 Å². The van der Waals surface area contributed by atoms with Crippen molar-refractivity contribution in [2.24, 2.45) is 0 Å². The molecule has 0 spiro atoms. The van der Waals surface area contributed by atoms with E-state index in [-0.39, 0.29) is 10.8 Å². The summed E-state index contributed by atoms with van der Waals surface area (Å²) in [5.74, 6) is 1.04. The van der Waals surface area contributed by atoms with Crippen molar-refractivity contribution in [3.8, 4) is 0 Å². The average molecular weight is 233 g/mol. The summed E-state index contributed by atoms with van der Waals surface area (Å²) >= 11 is 1.75. The summed E-state index contributed by atoms with van der Waals surface area (Å²) in [5.41, 5.74) is 1.45.